The van der Waals surface area contributed by atoms with E-state index in [0.717, 1.165) is 18.8 Å². The summed E-state index contributed by atoms with van der Waals surface area (Å²) in [5.74, 6) is 1.48. The zero-order chi connectivity index (χ0) is 16.5. The monoisotopic (exact) mass is 309 g/mol. The van der Waals surface area contributed by atoms with Crippen molar-refractivity contribution in [3.8, 4) is 0 Å². The van der Waals surface area contributed by atoms with E-state index in [1.807, 2.05) is 6.08 Å². The summed E-state index contributed by atoms with van der Waals surface area (Å²) in [7, 11) is 0. The number of allylic oxidation sites excluding steroid dienone is 5. The van der Waals surface area contributed by atoms with E-state index in [0.29, 0.717) is 5.92 Å². The summed E-state index contributed by atoms with van der Waals surface area (Å²) in [6, 6.07) is 10.8. The van der Waals surface area contributed by atoms with Gasteiger partial charge in [-0.3, -0.25) is 0 Å². The first kappa shape index (κ1) is 17.7. The van der Waals surface area contributed by atoms with Gasteiger partial charge in [0.15, 0.2) is 0 Å². The van der Waals surface area contributed by atoms with Crippen molar-refractivity contribution < 1.29 is 0 Å². The third-order valence-corrected chi connectivity index (χ3v) is 5.24. The molecule has 124 valence electrons. The van der Waals surface area contributed by atoms with Crippen molar-refractivity contribution in [1.29, 1.82) is 0 Å². The van der Waals surface area contributed by atoms with Crippen LogP contribution in [0.2, 0.25) is 0 Å². The van der Waals surface area contributed by atoms with Gasteiger partial charge in [-0.15, -0.1) is 0 Å². The van der Waals surface area contributed by atoms with E-state index in [-0.39, 0.29) is 0 Å². The smallest absolute Gasteiger partial charge is 0.00461 e. The SMILES string of the molecule is C=C/C=C\C(CCc1ccccc1)=C(/C)C(C)C1CCNCC1. The number of nitrogens with one attached hydrogen (secondary N) is 1. The third kappa shape index (κ3) is 5.51. The lowest BCUT2D eigenvalue weighted by Crippen LogP contribution is -2.31. The molecule has 1 aliphatic rings. The van der Waals surface area contributed by atoms with Gasteiger partial charge < -0.3 is 5.32 Å². The largest absolute Gasteiger partial charge is 0.317 e. The molecule has 1 atom stereocenters. The van der Waals surface area contributed by atoms with Crippen LogP contribution in [-0.2, 0) is 6.42 Å². The van der Waals surface area contributed by atoms with E-state index in [1.54, 1.807) is 5.57 Å². The maximum atomic E-state index is 3.83. The number of hydrogen-bond acceptors (Lipinski definition) is 1. The number of aryl methyl sites for hydroxylation is 1. The molecule has 1 aromatic rings. The Labute approximate surface area is 142 Å². The Morgan fingerprint density at radius 3 is 2.61 bits per heavy atom. The Balaban J connectivity index is 2.10. The van der Waals surface area contributed by atoms with Gasteiger partial charge in [0.25, 0.3) is 0 Å². The Morgan fingerprint density at radius 1 is 1.26 bits per heavy atom. The molecular weight excluding hydrogens is 278 g/mol. The van der Waals surface area contributed by atoms with Crippen LogP contribution in [0.25, 0.3) is 0 Å². The topological polar surface area (TPSA) is 12.0 Å². The molecule has 0 aromatic heterocycles. The van der Waals surface area contributed by atoms with Crippen molar-refractivity contribution in [1.82, 2.24) is 5.32 Å². The fourth-order valence-electron chi connectivity index (χ4n) is 3.51. The summed E-state index contributed by atoms with van der Waals surface area (Å²) < 4.78 is 0. The highest BCUT2D eigenvalue weighted by molar-refractivity contribution is 5.30. The second kappa shape index (κ2) is 9.52. The standard InChI is InChI=1S/C22H31N/c1-4-5-11-21(13-12-20-9-7-6-8-10-20)18(2)19(3)22-14-16-23-17-15-22/h4-11,19,22-23H,1,12-17H2,2-3H3/b11-5-,21-18-. The highest BCUT2D eigenvalue weighted by atomic mass is 14.9. The van der Waals surface area contributed by atoms with Crippen molar-refractivity contribution >= 4 is 0 Å². The van der Waals surface area contributed by atoms with Crippen LogP contribution >= 0.6 is 0 Å². The second-order valence-corrected chi connectivity index (χ2v) is 6.66. The van der Waals surface area contributed by atoms with Crippen LogP contribution in [0.3, 0.4) is 0 Å². The van der Waals surface area contributed by atoms with Gasteiger partial charge in [-0.2, -0.15) is 0 Å². The zero-order valence-corrected chi connectivity index (χ0v) is 14.7. The molecule has 1 heteroatoms. The third-order valence-electron chi connectivity index (χ3n) is 5.24. The van der Waals surface area contributed by atoms with Gasteiger partial charge >= 0.3 is 0 Å². The highest BCUT2D eigenvalue weighted by Crippen LogP contribution is 2.31. The molecule has 0 aliphatic carbocycles. The molecule has 1 aromatic carbocycles. The first-order valence-electron chi connectivity index (χ1n) is 8.95. The van der Waals surface area contributed by atoms with Gasteiger partial charge in [0.1, 0.15) is 0 Å². The van der Waals surface area contributed by atoms with Crippen molar-refractivity contribution in [2.45, 2.75) is 39.5 Å². The van der Waals surface area contributed by atoms with E-state index in [2.05, 4.69) is 68.2 Å². The van der Waals surface area contributed by atoms with Gasteiger partial charge in [0.05, 0.1) is 0 Å². The van der Waals surface area contributed by atoms with E-state index < -0.39 is 0 Å². The number of piperidine rings is 1. The molecular formula is C22H31N. The van der Waals surface area contributed by atoms with Crippen molar-refractivity contribution in [3.63, 3.8) is 0 Å². The van der Waals surface area contributed by atoms with Crippen molar-refractivity contribution in [3.05, 3.63) is 71.8 Å². The lowest BCUT2D eigenvalue weighted by molar-refractivity contribution is 0.303. The number of benzene rings is 1. The molecule has 23 heavy (non-hydrogen) atoms. The average Bonchev–Trinajstić information content (AvgIpc) is 2.62. The molecule has 1 aliphatic heterocycles. The minimum Gasteiger partial charge on any atom is -0.317 e. The van der Waals surface area contributed by atoms with Crippen LogP contribution in [0.15, 0.2) is 66.3 Å². The molecule has 0 bridgehead atoms. The minimum absolute atomic E-state index is 0.664. The molecule has 1 saturated heterocycles. The molecule has 1 unspecified atom stereocenters. The lowest BCUT2D eigenvalue weighted by atomic mass is 9.79. The summed E-state index contributed by atoms with van der Waals surface area (Å²) in [5.41, 5.74) is 4.46. The van der Waals surface area contributed by atoms with Gasteiger partial charge in [-0.05, 0) is 68.7 Å². The molecule has 1 N–H and O–H groups in total. The Bertz CT molecular complexity index is 532. The average molecular weight is 309 g/mol. The molecule has 0 spiro atoms. The fraction of sp³-hybridized carbons (Fsp3) is 0.455. The van der Waals surface area contributed by atoms with E-state index in [4.69, 9.17) is 0 Å². The van der Waals surface area contributed by atoms with E-state index >= 15 is 0 Å². The Morgan fingerprint density at radius 2 is 1.96 bits per heavy atom. The van der Waals surface area contributed by atoms with Crippen LogP contribution in [-0.4, -0.2) is 13.1 Å². The van der Waals surface area contributed by atoms with Gasteiger partial charge in [-0.1, -0.05) is 67.6 Å². The summed E-state index contributed by atoms with van der Waals surface area (Å²) in [6.45, 7) is 10.9. The van der Waals surface area contributed by atoms with Gasteiger partial charge in [0, 0.05) is 0 Å². The molecule has 2 rings (SSSR count). The summed E-state index contributed by atoms with van der Waals surface area (Å²) in [5, 5.41) is 3.48. The maximum absolute atomic E-state index is 3.83. The molecule has 1 heterocycles. The van der Waals surface area contributed by atoms with Crippen LogP contribution in [0, 0.1) is 11.8 Å². The molecule has 0 radical (unpaired) electrons. The molecule has 1 fully saturated rings. The number of hydrogen-bond donors (Lipinski definition) is 1. The second-order valence-electron chi connectivity index (χ2n) is 6.66. The minimum atomic E-state index is 0.664. The van der Waals surface area contributed by atoms with Gasteiger partial charge in [0.2, 0.25) is 0 Å². The quantitative estimate of drug-likeness (QED) is 0.673. The molecule has 0 saturated carbocycles. The Kier molecular flexibility index (Phi) is 7.35. The van der Waals surface area contributed by atoms with Crippen molar-refractivity contribution in [2.75, 3.05) is 13.1 Å². The van der Waals surface area contributed by atoms with E-state index in [1.165, 1.54) is 37.1 Å². The van der Waals surface area contributed by atoms with Gasteiger partial charge in [-0.25, -0.2) is 0 Å². The predicted octanol–water partition coefficient (Wildman–Crippen LogP) is 5.31. The first-order chi connectivity index (χ1) is 11.2. The van der Waals surface area contributed by atoms with Crippen molar-refractivity contribution in [2.24, 2.45) is 11.8 Å². The lowest BCUT2D eigenvalue weighted by Gasteiger charge is -2.30. The van der Waals surface area contributed by atoms with E-state index in [9.17, 15) is 0 Å². The fourth-order valence-corrected chi connectivity index (χ4v) is 3.51. The maximum Gasteiger partial charge on any atom is -0.00461 e. The molecule has 1 nitrogen and oxygen atoms in total. The normalized spacial score (nSPS) is 18.7. The predicted molar refractivity (Wildman–Crippen MR) is 102 cm³/mol. The van der Waals surface area contributed by atoms with Crippen LogP contribution in [0.1, 0.15) is 38.7 Å². The highest BCUT2D eigenvalue weighted by Gasteiger charge is 2.22. The first-order valence-corrected chi connectivity index (χ1v) is 8.95. The van der Waals surface area contributed by atoms with Crippen LogP contribution < -0.4 is 5.32 Å². The Hall–Kier alpha value is -1.60. The summed E-state index contributed by atoms with van der Waals surface area (Å²) in [4.78, 5) is 0. The zero-order valence-electron chi connectivity index (χ0n) is 14.7. The number of rotatable bonds is 7. The van der Waals surface area contributed by atoms with Crippen LogP contribution in [0.5, 0.6) is 0 Å². The summed E-state index contributed by atoms with van der Waals surface area (Å²) >= 11 is 0. The summed E-state index contributed by atoms with van der Waals surface area (Å²) in [6.07, 6.45) is 11.0. The van der Waals surface area contributed by atoms with Crippen LogP contribution in [0.4, 0.5) is 0 Å². The molecule has 0 amide bonds.